The second-order valence-electron chi connectivity index (χ2n) is 12.0. The number of H-pyrrole nitrogens is 2. The molecule has 8 rings (SSSR count). The number of azide groups is 1. The molecular formula is C43H36N12O3. The first-order valence-corrected chi connectivity index (χ1v) is 17.6. The van der Waals surface area contributed by atoms with E-state index in [-0.39, 0.29) is 13.2 Å². The summed E-state index contributed by atoms with van der Waals surface area (Å²) in [4.78, 5) is 13.0. The number of rotatable bonds is 8. The number of tetrazole rings is 2. The van der Waals surface area contributed by atoms with Crippen LogP contribution in [0.1, 0.15) is 27.0 Å². The lowest BCUT2D eigenvalue weighted by Gasteiger charge is -2.07. The van der Waals surface area contributed by atoms with E-state index in [1.54, 1.807) is 18.2 Å². The van der Waals surface area contributed by atoms with Crippen molar-refractivity contribution in [3.63, 3.8) is 0 Å². The Morgan fingerprint density at radius 3 is 1.36 bits per heavy atom. The van der Waals surface area contributed by atoms with Crippen molar-refractivity contribution in [2.75, 3.05) is 7.05 Å². The van der Waals surface area contributed by atoms with Gasteiger partial charge in [-0.25, -0.2) is 0 Å². The first-order chi connectivity index (χ1) is 28.5. The average Bonchev–Trinajstić information content (AvgIpc) is 4.06. The maximum Gasteiger partial charge on any atom is 0.205 e. The van der Waals surface area contributed by atoms with Crippen molar-refractivity contribution in [2.45, 2.75) is 13.2 Å². The number of nitriles is 1. The second-order valence-corrected chi connectivity index (χ2v) is 12.0. The molecule has 0 bridgehead atoms. The fraction of sp³-hybridized carbons (Fsp3) is 0.0698. The molecule has 0 aliphatic heterocycles. The van der Waals surface area contributed by atoms with Crippen LogP contribution in [0, 0.1) is 11.3 Å². The Kier molecular flexibility index (Phi) is 15.3. The molecule has 0 aliphatic carbocycles. The van der Waals surface area contributed by atoms with E-state index in [1.165, 1.54) is 7.05 Å². The largest absolute Gasteiger partial charge is 0.392 e. The summed E-state index contributed by atoms with van der Waals surface area (Å²) in [5.74, 6) is 1.12. The van der Waals surface area contributed by atoms with Crippen molar-refractivity contribution in [2.24, 2.45) is 5.11 Å². The number of benzene rings is 6. The highest BCUT2D eigenvalue weighted by Gasteiger charge is 2.11. The Balaban J connectivity index is 0.000000159. The maximum absolute atomic E-state index is 10.7. The molecule has 0 radical (unpaired) electrons. The summed E-state index contributed by atoms with van der Waals surface area (Å²) in [6, 6.07) is 48.1. The SMILES string of the molecule is CN=[N+]=[N-].N#Cc1ccccc1-c1ccc(CO)cc1.O=Cc1ccc(-c2ccccc2-c2nn[nH]n2)cc1.OCc1ccc(-c2ccccc2-c2nn[nH]n2)cc1. The molecule has 8 aromatic rings. The number of aromatic nitrogens is 8. The van der Waals surface area contributed by atoms with Crippen LogP contribution in [-0.4, -0.2) is 64.8 Å². The van der Waals surface area contributed by atoms with Crippen LogP contribution in [0.4, 0.5) is 0 Å². The number of hydrogen-bond donors (Lipinski definition) is 4. The molecule has 15 nitrogen and oxygen atoms in total. The number of aliphatic hydroxyl groups is 2. The van der Waals surface area contributed by atoms with Crippen LogP contribution in [0.5, 0.6) is 0 Å². The zero-order chi connectivity index (χ0) is 41.0. The zero-order valence-corrected chi connectivity index (χ0v) is 31.1. The normalized spacial score (nSPS) is 9.83. The minimum Gasteiger partial charge on any atom is -0.392 e. The Labute approximate surface area is 332 Å². The fourth-order valence-electron chi connectivity index (χ4n) is 5.56. The summed E-state index contributed by atoms with van der Waals surface area (Å²) < 4.78 is 0. The van der Waals surface area contributed by atoms with Gasteiger partial charge >= 0.3 is 0 Å². The van der Waals surface area contributed by atoms with Crippen molar-refractivity contribution in [1.82, 2.24) is 41.2 Å². The van der Waals surface area contributed by atoms with Crippen LogP contribution in [0.15, 0.2) is 151 Å². The highest BCUT2D eigenvalue weighted by atomic mass is 16.3. The van der Waals surface area contributed by atoms with Gasteiger partial charge in [-0.3, -0.25) is 4.79 Å². The standard InChI is InChI=1S/C14H12N4O.C14H10N4O.C14H11NO.CH3N3/c2*19-9-10-5-7-11(8-6-10)12-3-1-2-4-13(12)14-15-17-18-16-14;15-9-13-3-1-2-4-14(13)12-7-5-11(10-16)6-8-12;1-3-4-2/h1-8,19H,9H2,(H,15,16,17,18);1-9H,(H,15,16,17,18);1-8,16H,10H2;1H3. The molecule has 2 aromatic heterocycles. The third-order valence-electron chi connectivity index (χ3n) is 8.42. The number of carbonyl (C=O) groups excluding carboxylic acids is 1. The number of nitrogens with zero attached hydrogens (tertiary/aromatic N) is 10. The van der Waals surface area contributed by atoms with Crippen molar-refractivity contribution < 1.29 is 15.0 Å². The number of carbonyl (C=O) groups is 1. The summed E-state index contributed by atoms with van der Waals surface area (Å²) >= 11 is 0. The van der Waals surface area contributed by atoms with Crippen molar-refractivity contribution in [3.05, 3.63) is 178 Å². The van der Waals surface area contributed by atoms with E-state index in [2.05, 4.69) is 57.3 Å². The van der Waals surface area contributed by atoms with Crippen molar-refractivity contribution in [3.8, 4) is 62.2 Å². The smallest absolute Gasteiger partial charge is 0.205 e. The van der Waals surface area contributed by atoms with E-state index in [0.717, 1.165) is 61.9 Å². The van der Waals surface area contributed by atoms with Crippen LogP contribution in [-0.2, 0) is 13.2 Å². The Morgan fingerprint density at radius 1 is 0.621 bits per heavy atom. The van der Waals surface area contributed by atoms with Gasteiger partial charge in [-0.1, -0.05) is 145 Å². The topological polar surface area (TPSA) is 239 Å². The lowest BCUT2D eigenvalue weighted by molar-refractivity contribution is 0.112. The lowest BCUT2D eigenvalue weighted by Crippen LogP contribution is -1.88. The van der Waals surface area contributed by atoms with Gasteiger partial charge in [0.1, 0.15) is 6.29 Å². The predicted molar refractivity (Wildman–Crippen MR) is 219 cm³/mol. The summed E-state index contributed by atoms with van der Waals surface area (Å²) in [5, 5.41) is 58.1. The molecule has 0 amide bonds. The summed E-state index contributed by atoms with van der Waals surface area (Å²) in [6.07, 6.45) is 0.828. The van der Waals surface area contributed by atoms with Gasteiger partial charge in [-0.2, -0.15) is 15.7 Å². The van der Waals surface area contributed by atoms with E-state index in [4.69, 9.17) is 21.0 Å². The molecule has 2 heterocycles. The van der Waals surface area contributed by atoms with Gasteiger partial charge in [0.15, 0.2) is 0 Å². The average molecular weight is 769 g/mol. The molecule has 0 spiro atoms. The summed E-state index contributed by atoms with van der Waals surface area (Å²) in [6.45, 7) is 0.0902. The van der Waals surface area contributed by atoms with Crippen molar-refractivity contribution in [1.29, 1.82) is 5.26 Å². The van der Waals surface area contributed by atoms with Crippen molar-refractivity contribution >= 4 is 6.29 Å². The Morgan fingerprint density at radius 2 is 1.00 bits per heavy atom. The molecule has 0 fully saturated rings. The predicted octanol–water partition coefficient (Wildman–Crippen LogP) is 8.02. The van der Waals surface area contributed by atoms with Gasteiger partial charge in [-0.15, -0.1) is 20.4 Å². The zero-order valence-electron chi connectivity index (χ0n) is 31.1. The molecule has 0 saturated carbocycles. The van der Waals surface area contributed by atoms with Crippen LogP contribution in [0.2, 0.25) is 0 Å². The highest BCUT2D eigenvalue weighted by Crippen LogP contribution is 2.31. The minimum absolute atomic E-state index is 0.0418. The maximum atomic E-state index is 10.7. The molecule has 0 saturated heterocycles. The molecule has 4 N–H and O–H groups in total. The number of aliphatic hydroxyl groups excluding tert-OH is 2. The van der Waals surface area contributed by atoms with Gasteiger partial charge in [0.2, 0.25) is 11.6 Å². The molecule has 0 atom stereocenters. The van der Waals surface area contributed by atoms with Crippen LogP contribution >= 0.6 is 0 Å². The first kappa shape index (κ1) is 41.0. The van der Waals surface area contributed by atoms with E-state index < -0.39 is 0 Å². The third kappa shape index (κ3) is 11.0. The molecule has 0 unspecified atom stereocenters. The van der Waals surface area contributed by atoms with E-state index >= 15 is 0 Å². The minimum atomic E-state index is 0.0418. The van der Waals surface area contributed by atoms with Crippen LogP contribution < -0.4 is 0 Å². The van der Waals surface area contributed by atoms with Crippen LogP contribution in [0.25, 0.3) is 66.6 Å². The number of hydrogen-bond acceptors (Lipinski definition) is 11. The molecule has 15 heteroatoms. The summed E-state index contributed by atoms with van der Waals surface area (Å²) in [5.41, 5.74) is 18.3. The molecular weight excluding hydrogens is 733 g/mol. The molecule has 58 heavy (non-hydrogen) atoms. The third-order valence-corrected chi connectivity index (χ3v) is 8.42. The van der Waals surface area contributed by atoms with Crippen LogP contribution in [0.3, 0.4) is 0 Å². The number of aldehydes is 1. The number of nitrogens with one attached hydrogen (secondary N) is 2. The molecule has 6 aromatic carbocycles. The fourth-order valence-corrected chi connectivity index (χ4v) is 5.56. The van der Waals surface area contributed by atoms with Gasteiger partial charge < -0.3 is 10.2 Å². The lowest BCUT2D eigenvalue weighted by atomic mass is 9.98. The Hall–Kier alpha value is -8.15. The summed E-state index contributed by atoms with van der Waals surface area (Å²) in [7, 11) is 1.39. The molecule has 0 aliphatic rings. The number of aromatic amines is 2. The Bertz CT molecular complexity index is 2570. The molecule has 286 valence electrons. The van der Waals surface area contributed by atoms with E-state index in [0.29, 0.717) is 22.8 Å². The van der Waals surface area contributed by atoms with Gasteiger partial charge in [0.25, 0.3) is 0 Å². The van der Waals surface area contributed by atoms with E-state index in [1.807, 2.05) is 127 Å². The van der Waals surface area contributed by atoms with E-state index in [9.17, 15) is 4.79 Å². The highest BCUT2D eigenvalue weighted by molar-refractivity contribution is 5.83. The monoisotopic (exact) mass is 768 g/mol. The van der Waals surface area contributed by atoms with Gasteiger partial charge in [0.05, 0.1) is 24.8 Å². The first-order valence-electron chi connectivity index (χ1n) is 17.6. The van der Waals surface area contributed by atoms with Gasteiger partial charge in [0, 0.05) is 28.6 Å². The van der Waals surface area contributed by atoms with Gasteiger partial charge in [-0.05, 0) is 66.5 Å². The quantitative estimate of drug-likeness (QED) is 0.0502. The second kappa shape index (κ2) is 21.7.